The van der Waals surface area contributed by atoms with E-state index in [0.29, 0.717) is 22.9 Å². The van der Waals surface area contributed by atoms with Gasteiger partial charge >= 0.3 is 5.97 Å². The molecule has 2 aromatic heterocycles. The lowest BCUT2D eigenvalue weighted by atomic mass is 10.2. The Balaban J connectivity index is 2.11. The van der Waals surface area contributed by atoms with Crippen LogP contribution in [-0.4, -0.2) is 22.5 Å². The van der Waals surface area contributed by atoms with Crippen LogP contribution < -0.4 is 0 Å². The third-order valence-corrected chi connectivity index (χ3v) is 4.10. The highest BCUT2D eigenvalue weighted by molar-refractivity contribution is 7.17. The highest BCUT2D eigenvalue weighted by Crippen LogP contribution is 2.33. The predicted octanol–water partition coefficient (Wildman–Crippen LogP) is 4.05. The van der Waals surface area contributed by atoms with Crippen LogP contribution in [0.4, 0.5) is 0 Å². The fourth-order valence-electron chi connectivity index (χ4n) is 2.04. The van der Waals surface area contributed by atoms with E-state index < -0.39 is 0 Å². The molecule has 110 valence electrons. The second kappa shape index (κ2) is 6.49. The van der Waals surface area contributed by atoms with Gasteiger partial charge in [0.1, 0.15) is 15.6 Å². The maximum absolute atomic E-state index is 12.2. The van der Waals surface area contributed by atoms with E-state index in [1.54, 1.807) is 13.1 Å². The third kappa shape index (κ3) is 2.89. The van der Waals surface area contributed by atoms with E-state index in [9.17, 15) is 4.79 Å². The van der Waals surface area contributed by atoms with Gasteiger partial charge in [0.25, 0.3) is 0 Å². The van der Waals surface area contributed by atoms with Crippen molar-refractivity contribution >= 4 is 17.3 Å². The van der Waals surface area contributed by atoms with Crippen molar-refractivity contribution in [3.8, 4) is 22.0 Å². The maximum Gasteiger partial charge on any atom is 0.350 e. The average Bonchev–Trinajstić information content (AvgIpc) is 3.02. The van der Waals surface area contributed by atoms with Crippen LogP contribution in [0.5, 0.6) is 0 Å². The first-order valence-electron chi connectivity index (χ1n) is 6.94. The maximum atomic E-state index is 12.2. The molecule has 0 saturated heterocycles. The van der Waals surface area contributed by atoms with Gasteiger partial charge in [-0.2, -0.15) is 0 Å². The van der Waals surface area contributed by atoms with E-state index in [-0.39, 0.29) is 5.97 Å². The number of carbonyl (C=O) groups is 1. The summed E-state index contributed by atoms with van der Waals surface area (Å²) >= 11 is 1.33. The van der Waals surface area contributed by atoms with Crippen LogP contribution in [0.25, 0.3) is 22.0 Å². The number of nitrogens with zero attached hydrogens (tertiary/aromatic N) is 2. The van der Waals surface area contributed by atoms with E-state index in [1.165, 1.54) is 11.3 Å². The van der Waals surface area contributed by atoms with E-state index in [1.807, 2.05) is 48.5 Å². The molecule has 0 aliphatic rings. The fourth-order valence-corrected chi connectivity index (χ4v) is 3.01. The second-order valence-electron chi connectivity index (χ2n) is 4.50. The molecule has 0 aliphatic heterocycles. The summed E-state index contributed by atoms with van der Waals surface area (Å²) in [6, 6.07) is 15.3. The van der Waals surface area contributed by atoms with Gasteiger partial charge in [0, 0.05) is 11.8 Å². The molecule has 1 aromatic carbocycles. The molecule has 0 radical (unpaired) electrons. The van der Waals surface area contributed by atoms with Crippen LogP contribution in [0.1, 0.15) is 16.6 Å². The standard InChI is InChI=1S/C17H14N2O2S/c1-2-21-17(20)15-14(13-10-6-7-11-18-13)19-16(22-15)12-8-4-3-5-9-12/h3-11H,2H2,1H3. The molecular weight excluding hydrogens is 296 g/mol. The predicted molar refractivity (Wildman–Crippen MR) is 86.7 cm³/mol. The Bertz CT molecular complexity index is 770. The van der Waals surface area contributed by atoms with E-state index in [0.717, 1.165) is 10.6 Å². The van der Waals surface area contributed by atoms with Crippen molar-refractivity contribution in [2.24, 2.45) is 0 Å². The molecule has 0 amide bonds. The molecule has 0 saturated carbocycles. The zero-order valence-corrected chi connectivity index (χ0v) is 12.8. The van der Waals surface area contributed by atoms with Crippen molar-refractivity contribution in [3.05, 3.63) is 59.6 Å². The number of hydrogen-bond acceptors (Lipinski definition) is 5. The first-order valence-corrected chi connectivity index (χ1v) is 7.76. The zero-order valence-electron chi connectivity index (χ0n) is 12.0. The topological polar surface area (TPSA) is 52.1 Å². The molecule has 4 nitrogen and oxygen atoms in total. The fraction of sp³-hybridized carbons (Fsp3) is 0.118. The summed E-state index contributed by atoms with van der Waals surface area (Å²) in [6.07, 6.45) is 1.69. The molecule has 3 rings (SSSR count). The molecule has 2 heterocycles. The Morgan fingerprint density at radius 1 is 1.14 bits per heavy atom. The van der Waals surface area contributed by atoms with E-state index in [2.05, 4.69) is 9.97 Å². The number of ether oxygens (including phenoxy) is 1. The van der Waals surface area contributed by atoms with Crippen molar-refractivity contribution in [2.75, 3.05) is 6.61 Å². The molecule has 0 atom stereocenters. The van der Waals surface area contributed by atoms with Crippen molar-refractivity contribution < 1.29 is 9.53 Å². The second-order valence-corrected chi connectivity index (χ2v) is 5.50. The van der Waals surface area contributed by atoms with Crippen molar-refractivity contribution in [1.82, 2.24) is 9.97 Å². The molecule has 0 fully saturated rings. The largest absolute Gasteiger partial charge is 0.462 e. The zero-order chi connectivity index (χ0) is 15.4. The lowest BCUT2D eigenvalue weighted by Gasteiger charge is -2.01. The Morgan fingerprint density at radius 2 is 1.91 bits per heavy atom. The van der Waals surface area contributed by atoms with Gasteiger partial charge < -0.3 is 4.74 Å². The number of esters is 1. The monoisotopic (exact) mass is 310 g/mol. The van der Waals surface area contributed by atoms with E-state index in [4.69, 9.17) is 4.74 Å². The van der Waals surface area contributed by atoms with Crippen LogP contribution in [0.2, 0.25) is 0 Å². The van der Waals surface area contributed by atoms with Crippen molar-refractivity contribution in [3.63, 3.8) is 0 Å². The summed E-state index contributed by atoms with van der Waals surface area (Å²) in [7, 11) is 0. The molecule has 0 aliphatic carbocycles. The molecule has 22 heavy (non-hydrogen) atoms. The molecule has 0 bridgehead atoms. The molecule has 0 spiro atoms. The lowest BCUT2D eigenvalue weighted by Crippen LogP contribution is -2.04. The summed E-state index contributed by atoms with van der Waals surface area (Å²) in [5, 5.41) is 0.782. The first-order chi connectivity index (χ1) is 10.8. The number of benzene rings is 1. The number of pyridine rings is 1. The minimum atomic E-state index is -0.358. The normalized spacial score (nSPS) is 10.4. The van der Waals surface area contributed by atoms with Crippen LogP contribution in [-0.2, 0) is 4.74 Å². The average molecular weight is 310 g/mol. The molecule has 0 N–H and O–H groups in total. The highest BCUT2D eigenvalue weighted by atomic mass is 32.1. The molecule has 5 heteroatoms. The summed E-state index contributed by atoms with van der Waals surface area (Å²) in [5.74, 6) is -0.358. The first kappa shape index (κ1) is 14.4. The number of aromatic nitrogens is 2. The number of hydrogen-bond donors (Lipinski definition) is 0. The van der Waals surface area contributed by atoms with E-state index >= 15 is 0 Å². The summed E-state index contributed by atoms with van der Waals surface area (Å²) in [6.45, 7) is 2.12. The quantitative estimate of drug-likeness (QED) is 0.682. The summed E-state index contributed by atoms with van der Waals surface area (Å²) in [5.41, 5.74) is 2.21. The van der Waals surface area contributed by atoms with Gasteiger partial charge in [-0.15, -0.1) is 11.3 Å². The summed E-state index contributed by atoms with van der Waals surface area (Å²) < 4.78 is 5.14. The van der Waals surface area contributed by atoms with Gasteiger partial charge in [0.05, 0.1) is 12.3 Å². The van der Waals surface area contributed by atoms with Crippen LogP contribution in [0.3, 0.4) is 0 Å². The Kier molecular flexibility index (Phi) is 4.25. The smallest absolute Gasteiger partial charge is 0.350 e. The van der Waals surface area contributed by atoms with Crippen molar-refractivity contribution in [1.29, 1.82) is 0 Å². The Labute approximate surface area is 132 Å². The van der Waals surface area contributed by atoms with Crippen LogP contribution in [0, 0.1) is 0 Å². The highest BCUT2D eigenvalue weighted by Gasteiger charge is 2.21. The number of rotatable bonds is 4. The van der Waals surface area contributed by atoms with Gasteiger partial charge in [-0.1, -0.05) is 36.4 Å². The molecule has 3 aromatic rings. The van der Waals surface area contributed by atoms with Crippen molar-refractivity contribution in [2.45, 2.75) is 6.92 Å². The van der Waals surface area contributed by atoms with Gasteiger partial charge in [-0.05, 0) is 19.1 Å². The molecule has 0 unspecified atom stereocenters. The third-order valence-electron chi connectivity index (χ3n) is 3.02. The minimum Gasteiger partial charge on any atom is -0.462 e. The van der Waals surface area contributed by atoms with Crippen LogP contribution >= 0.6 is 11.3 Å². The number of carbonyl (C=O) groups excluding carboxylic acids is 1. The number of thiazole rings is 1. The summed E-state index contributed by atoms with van der Waals surface area (Å²) in [4.78, 5) is 21.6. The Morgan fingerprint density at radius 3 is 2.59 bits per heavy atom. The SMILES string of the molecule is CCOC(=O)c1sc(-c2ccccc2)nc1-c1ccccn1. The Hall–Kier alpha value is -2.53. The van der Waals surface area contributed by atoms with Gasteiger partial charge in [-0.3, -0.25) is 4.98 Å². The van der Waals surface area contributed by atoms with Gasteiger partial charge in [0.2, 0.25) is 0 Å². The van der Waals surface area contributed by atoms with Crippen LogP contribution in [0.15, 0.2) is 54.7 Å². The minimum absolute atomic E-state index is 0.332. The lowest BCUT2D eigenvalue weighted by molar-refractivity contribution is 0.0532. The van der Waals surface area contributed by atoms with Gasteiger partial charge in [0.15, 0.2) is 0 Å². The molecular formula is C17H14N2O2S. The van der Waals surface area contributed by atoms with Gasteiger partial charge in [-0.25, -0.2) is 9.78 Å².